The Hall–Kier alpha value is -1.50. The zero-order valence-corrected chi connectivity index (χ0v) is 16.3. The molecular formula is C18H35N5O2. The molecule has 7 nitrogen and oxygen atoms in total. The molecule has 7 heteroatoms. The number of aliphatic imine (C=N–C) groups is 1. The van der Waals surface area contributed by atoms with Crippen molar-refractivity contribution in [3.63, 3.8) is 0 Å². The minimum atomic E-state index is -0.210. The van der Waals surface area contributed by atoms with Gasteiger partial charge < -0.3 is 19.9 Å². The zero-order chi connectivity index (χ0) is 18.2. The summed E-state index contributed by atoms with van der Waals surface area (Å²) in [6.45, 7) is 13.1. The number of piperidine rings is 1. The van der Waals surface area contributed by atoms with Crippen molar-refractivity contribution in [2.75, 3.05) is 59.5 Å². The highest BCUT2D eigenvalue weighted by Crippen LogP contribution is 2.17. The van der Waals surface area contributed by atoms with Gasteiger partial charge in [0.25, 0.3) is 0 Å². The van der Waals surface area contributed by atoms with Crippen LogP contribution in [0, 0.1) is 5.92 Å². The lowest BCUT2D eigenvalue weighted by Gasteiger charge is -2.38. The number of rotatable bonds is 4. The van der Waals surface area contributed by atoms with Gasteiger partial charge in [-0.2, -0.15) is 0 Å². The van der Waals surface area contributed by atoms with Gasteiger partial charge in [0.15, 0.2) is 5.96 Å². The highest BCUT2D eigenvalue weighted by Gasteiger charge is 2.25. The number of amides is 1. The van der Waals surface area contributed by atoms with Crippen molar-refractivity contribution in [3.8, 4) is 0 Å². The van der Waals surface area contributed by atoms with Crippen molar-refractivity contribution in [2.24, 2.45) is 10.9 Å². The number of hydrogen-bond donors (Lipinski definition) is 1. The van der Waals surface area contributed by atoms with E-state index in [-0.39, 0.29) is 6.09 Å². The number of likely N-dealkylation sites (tertiary alicyclic amines) is 1. The van der Waals surface area contributed by atoms with E-state index in [1.54, 1.807) is 4.90 Å². The Balaban J connectivity index is 1.74. The molecule has 1 N–H and O–H groups in total. The minimum Gasteiger partial charge on any atom is -0.450 e. The predicted octanol–water partition coefficient (Wildman–Crippen LogP) is 1.46. The molecule has 2 heterocycles. The van der Waals surface area contributed by atoms with E-state index < -0.39 is 0 Å². The molecule has 2 aliphatic rings. The number of piperazine rings is 1. The largest absolute Gasteiger partial charge is 0.450 e. The van der Waals surface area contributed by atoms with E-state index in [2.05, 4.69) is 34.0 Å². The van der Waals surface area contributed by atoms with Crippen LogP contribution in [0.15, 0.2) is 4.99 Å². The van der Waals surface area contributed by atoms with E-state index in [1.165, 1.54) is 25.9 Å². The second-order valence-electron chi connectivity index (χ2n) is 7.17. The molecule has 0 radical (unpaired) electrons. The van der Waals surface area contributed by atoms with E-state index in [0.29, 0.717) is 25.7 Å². The normalized spacial score (nSPS) is 22.0. The van der Waals surface area contributed by atoms with E-state index in [1.807, 2.05) is 14.0 Å². The molecule has 0 bridgehead atoms. The van der Waals surface area contributed by atoms with Gasteiger partial charge >= 0.3 is 6.09 Å². The van der Waals surface area contributed by atoms with Gasteiger partial charge in [-0.25, -0.2) is 4.79 Å². The van der Waals surface area contributed by atoms with E-state index in [0.717, 1.165) is 31.5 Å². The van der Waals surface area contributed by atoms with Crippen LogP contribution in [0.25, 0.3) is 0 Å². The second kappa shape index (κ2) is 9.85. The van der Waals surface area contributed by atoms with Crippen LogP contribution in [0.3, 0.4) is 0 Å². The fourth-order valence-corrected chi connectivity index (χ4v) is 3.49. The third-order valence-corrected chi connectivity index (χ3v) is 5.31. The Labute approximate surface area is 152 Å². The maximum absolute atomic E-state index is 11.8. The first-order chi connectivity index (χ1) is 12.0. The number of carbonyl (C=O) groups excluding carboxylic acids is 1. The molecule has 0 aromatic carbocycles. The van der Waals surface area contributed by atoms with Crippen LogP contribution in [0.2, 0.25) is 0 Å². The first-order valence-corrected chi connectivity index (χ1v) is 9.66. The van der Waals surface area contributed by atoms with Crippen LogP contribution in [0.4, 0.5) is 4.79 Å². The average Bonchev–Trinajstić information content (AvgIpc) is 2.63. The van der Waals surface area contributed by atoms with Gasteiger partial charge in [0, 0.05) is 45.8 Å². The molecule has 2 saturated heterocycles. The smallest absolute Gasteiger partial charge is 0.409 e. The standard InChI is InChI=1S/C18H35N5O2/c1-5-25-18(24)23-12-10-22(11-13-23)17(19-4)20-14-16(3)21-8-6-15(2)7-9-21/h15-16H,5-14H2,1-4H3,(H,19,20). The Bertz CT molecular complexity index is 441. The lowest BCUT2D eigenvalue weighted by molar-refractivity contribution is 0.0912. The van der Waals surface area contributed by atoms with Gasteiger partial charge in [-0.15, -0.1) is 0 Å². The highest BCUT2D eigenvalue weighted by molar-refractivity contribution is 5.80. The van der Waals surface area contributed by atoms with Crippen molar-refractivity contribution < 1.29 is 9.53 Å². The second-order valence-corrected chi connectivity index (χ2v) is 7.17. The molecule has 0 aromatic rings. The van der Waals surface area contributed by atoms with Gasteiger partial charge in [-0.1, -0.05) is 6.92 Å². The molecule has 2 aliphatic heterocycles. The van der Waals surface area contributed by atoms with E-state index in [4.69, 9.17) is 4.74 Å². The van der Waals surface area contributed by atoms with Crippen LogP contribution in [-0.4, -0.2) is 92.3 Å². The molecule has 144 valence electrons. The maximum Gasteiger partial charge on any atom is 0.409 e. The molecule has 1 atom stereocenters. The average molecular weight is 354 g/mol. The molecule has 0 spiro atoms. The lowest BCUT2D eigenvalue weighted by atomic mass is 9.98. The third kappa shape index (κ3) is 5.76. The zero-order valence-electron chi connectivity index (χ0n) is 16.3. The monoisotopic (exact) mass is 353 g/mol. The van der Waals surface area contributed by atoms with Crippen LogP contribution >= 0.6 is 0 Å². The Morgan fingerprint density at radius 2 is 1.76 bits per heavy atom. The Morgan fingerprint density at radius 1 is 1.16 bits per heavy atom. The summed E-state index contributed by atoms with van der Waals surface area (Å²) in [5, 5.41) is 3.52. The van der Waals surface area contributed by atoms with Gasteiger partial charge in [-0.3, -0.25) is 9.89 Å². The minimum absolute atomic E-state index is 0.210. The summed E-state index contributed by atoms with van der Waals surface area (Å²) in [5.41, 5.74) is 0. The SMILES string of the molecule is CCOC(=O)N1CCN(C(=NC)NCC(C)N2CCC(C)CC2)CC1. The fourth-order valence-electron chi connectivity index (χ4n) is 3.49. The van der Waals surface area contributed by atoms with Gasteiger partial charge in [0.1, 0.15) is 0 Å². The van der Waals surface area contributed by atoms with Crippen LogP contribution < -0.4 is 5.32 Å². The number of ether oxygens (including phenoxy) is 1. The molecule has 0 aromatic heterocycles. The third-order valence-electron chi connectivity index (χ3n) is 5.31. The molecular weight excluding hydrogens is 318 g/mol. The summed E-state index contributed by atoms with van der Waals surface area (Å²) in [6.07, 6.45) is 2.39. The molecule has 2 rings (SSSR count). The molecule has 2 fully saturated rings. The Morgan fingerprint density at radius 3 is 2.32 bits per heavy atom. The van der Waals surface area contributed by atoms with Crippen molar-refractivity contribution >= 4 is 12.1 Å². The molecule has 0 aliphatic carbocycles. The number of nitrogens with zero attached hydrogens (tertiary/aromatic N) is 4. The molecule has 1 amide bonds. The van der Waals surface area contributed by atoms with Gasteiger partial charge in [-0.05, 0) is 45.7 Å². The molecule has 0 saturated carbocycles. The van der Waals surface area contributed by atoms with Crippen LogP contribution in [0.1, 0.15) is 33.6 Å². The number of guanidine groups is 1. The van der Waals surface area contributed by atoms with Crippen molar-refractivity contribution in [2.45, 2.75) is 39.7 Å². The van der Waals surface area contributed by atoms with Crippen molar-refractivity contribution in [3.05, 3.63) is 0 Å². The fraction of sp³-hybridized carbons (Fsp3) is 0.889. The topological polar surface area (TPSA) is 60.4 Å². The van der Waals surface area contributed by atoms with E-state index in [9.17, 15) is 4.79 Å². The summed E-state index contributed by atoms with van der Waals surface area (Å²) in [5.74, 6) is 1.79. The molecule has 25 heavy (non-hydrogen) atoms. The lowest BCUT2D eigenvalue weighted by Crippen LogP contribution is -2.55. The van der Waals surface area contributed by atoms with Gasteiger partial charge in [0.2, 0.25) is 0 Å². The first-order valence-electron chi connectivity index (χ1n) is 9.66. The summed E-state index contributed by atoms with van der Waals surface area (Å²) >= 11 is 0. The quantitative estimate of drug-likeness (QED) is 0.612. The summed E-state index contributed by atoms with van der Waals surface area (Å²) in [6, 6.07) is 0.505. The predicted molar refractivity (Wildman–Crippen MR) is 101 cm³/mol. The van der Waals surface area contributed by atoms with Crippen molar-refractivity contribution in [1.29, 1.82) is 0 Å². The van der Waals surface area contributed by atoms with Crippen LogP contribution in [-0.2, 0) is 4.74 Å². The summed E-state index contributed by atoms with van der Waals surface area (Å²) in [4.78, 5) is 22.8. The summed E-state index contributed by atoms with van der Waals surface area (Å²) < 4.78 is 5.07. The Kier molecular flexibility index (Phi) is 7.81. The van der Waals surface area contributed by atoms with Gasteiger partial charge in [0.05, 0.1) is 6.61 Å². The summed E-state index contributed by atoms with van der Waals surface area (Å²) in [7, 11) is 1.83. The maximum atomic E-state index is 11.8. The number of hydrogen-bond acceptors (Lipinski definition) is 4. The van der Waals surface area contributed by atoms with E-state index >= 15 is 0 Å². The van der Waals surface area contributed by atoms with Crippen molar-refractivity contribution in [1.82, 2.24) is 20.0 Å². The highest BCUT2D eigenvalue weighted by atomic mass is 16.6. The first kappa shape index (κ1) is 19.8. The van der Waals surface area contributed by atoms with Crippen LogP contribution in [0.5, 0.6) is 0 Å². The number of carbonyl (C=O) groups is 1. The number of nitrogens with one attached hydrogen (secondary N) is 1. The molecule has 1 unspecified atom stereocenters.